The van der Waals surface area contributed by atoms with E-state index in [9.17, 15) is 10.2 Å². The maximum atomic E-state index is 10.0. The molecule has 1 aliphatic heterocycles. The van der Waals surface area contributed by atoms with E-state index in [1.807, 2.05) is 0 Å². The fourth-order valence-corrected chi connectivity index (χ4v) is 3.44. The van der Waals surface area contributed by atoms with Crippen molar-refractivity contribution in [3.05, 3.63) is 12.2 Å². The van der Waals surface area contributed by atoms with Crippen LogP contribution in [0, 0.1) is 0 Å². The molecule has 0 saturated carbocycles. The van der Waals surface area contributed by atoms with Gasteiger partial charge >= 0.3 is 0 Å². The van der Waals surface area contributed by atoms with E-state index in [4.69, 9.17) is 14.6 Å². The van der Waals surface area contributed by atoms with Gasteiger partial charge in [-0.3, -0.25) is 0 Å². The Balaban J connectivity index is 1.90. The fourth-order valence-electron chi connectivity index (χ4n) is 3.44. The lowest BCUT2D eigenvalue weighted by Gasteiger charge is -2.37. The van der Waals surface area contributed by atoms with Crippen LogP contribution in [0.1, 0.15) is 84.0 Å². The highest BCUT2D eigenvalue weighted by molar-refractivity contribution is 4.87. The number of allylic oxidation sites excluding steroid dienone is 2. The first-order valence-electron chi connectivity index (χ1n) is 11.1. The van der Waals surface area contributed by atoms with Gasteiger partial charge in [-0.15, -0.1) is 0 Å². The summed E-state index contributed by atoms with van der Waals surface area (Å²) in [7, 11) is 0. The number of unbranched alkanes of at least 4 members (excludes halogenated alkanes) is 10. The van der Waals surface area contributed by atoms with E-state index in [2.05, 4.69) is 19.1 Å². The van der Waals surface area contributed by atoms with E-state index < -0.39 is 24.4 Å². The van der Waals surface area contributed by atoms with E-state index in [-0.39, 0.29) is 13.2 Å². The molecular formula is C22H42O5. The average Bonchev–Trinajstić information content (AvgIpc) is 2.67. The van der Waals surface area contributed by atoms with Crippen LogP contribution in [-0.2, 0) is 9.47 Å². The lowest BCUT2D eigenvalue weighted by atomic mass is 10.0. The summed E-state index contributed by atoms with van der Waals surface area (Å²) in [6.45, 7) is 2.61. The first-order chi connectivity index (χ1) is 13.2. The minimum atomic E-state index is -0.973. The van der Waals surface area contributed by atoms with Crippen molar-refractivity contribution >= 4 is 0 Å². The largest absolute Gasteiger partial charge is 0.394 e. The third-order valence-corrected chi connectivity index (χ3v) is 5.22. The Morgan fingerprint density at radius 1 is 0.889 bits per heavy atom. The van der Waals surface area contributed by atoms with Crippen LogP contribution in [0.4, 0.5) is 0 Å². The van der Waals surface area contributed by atoms with Gasteiger partial charge in [-0.1, -0.05) is 64.0 Å². The molecule has 0 bridgehead atoms. The van der Waals surface area contributed by atoms with Gasteiger partial charge in [0, 0.05) is 6.61 Å². The molecular weight excluding hydrogens is 344 g/mol. The average molecular weight is 387 g/mol. The Morgan fingerprint density at radius 2 is 1.48 bits per heavy atom. The molecule has 1 fully saturated rings. The van der Waals surface area contributed by atoms with E-state index in [1.54, 1.807) is 0 Å². The molecule has 0 amide bonds. The molecule has 0 aliphatic carbocycles. The Bertz CT molecular complexity index is 361. The first kappa shape index (κ1) is 24.6. The lowest BCUT2D eigenvalue weighted by molar-refractivity contribution is -0.210. The van der Waals surface area contributed by atoms with Crippen LogP contribution in [0.5, 0.6) is 0 Å². The lowest BCUT2D eigenvalue weighted by Crippen LogP contribution is -2.55. The van der Waals surface area contributed by atoms with Gasteiger partial charge in [0.2, 0.25) is 0 Å². The number of aliphatic hydroxyl groups is 3. The molecule has 1 aliphatic rings. The predicted octanol–water partition coefficient (Wildman–Crippen LogP) is 3.74. The molecule has 0 unspecified atom stereocenters. The van der Waals surface area contributed by atoms with Crippen molar-refractivity contribution in [2.24, 2.45) is 0 Å². The molecule has 1 saturated heterocycles. The molecule has 0 spiro atoms. The van der Waals surface area contributed by atoms with Crippen LogP contribution in [0.25, 0.3) is 0 Å². The Hall–Kier alpha value is -0.460. The molecule has 0 radical (unpaired) electrons. The van der Waals surface area contributed by atoms with Gasteiger partial charge in [-0.05, 0) is 32.1 Å². The van der Waals surface area contributed by atoms with Gasteiger partial charge < -0.3 is 24.8 Å². The number of rotatable bonds is 16. The quantitative estimate of drug-likeness (QED) is 0.278. The molecule has 4 atom stereocenters. The highest BCUT2D eigenvalue weighted by Gasteiger charge is 2.38. The number of ether oxygens (including phenoxy) is 2. The molecule has 27 heavy (non-hydrogen) atoms. The van der Waals surface area contributed by atoms with Gasteiger partial charge in [0.1, 0.15) is 24.4 Å². The van der Waals surface area contributed by atoms with Crippen LogP contribution in [0.2, 0.25) is 0 Å². The third kappa shape index (κ3) is 11.2. The van der Waals surface area contributed by atoms with Gasteiger partial charge in [0.05, 0.1) is 13.2 Å². The van der Waals surface area contributed by atoms with Crippen molar-refractivity contribution in [3.8, 4) is 0 Å². The fraction of sp³-hybridized carbons (Fsp3) is 0.909. The monoisotopic (exact) mass is 386 g/mol. The molecule has 5 nitrogen and oxygen atoms in total. The smallest absolute Gasteiger partial charge is 0.114 e. The van der Waals surface area contributed by atoms with Crippen molar-refractivity contribution in [1.29, 1.82) is 0 Å². The molecule has 0 aromatic rings. The second-order valence-electron chi connectivity index (χ2n) is 7.68. The van der Waals surface area contributed by atoms with E-state index in [0.29, 0.717) is 6.61 Å². The van der Waals surface area contributed by atoms with Crippen LogP contribution in [0.3, 0.4) is 0 Å². The molecule has 3 N–H and O–H groups in total. The highest BCUT2D eigenvalue weighted by Crippen LogP contribution is 2.19. The summed E-state index contributed by atoms with van der Waals surface area (Å²) >= 11 is 0. The van der Waals surface area contributed by atoms with Crippen molar-refractivity contribution in [1.82, 2.24) is 0 Å². The van der Waals surface area contributed by atoms with Gasteiger partial charge in [-0.25, -0.2) is 0 Å². The second kappa shape index (κ2) is 16.5. The van der Waals surface area contributed by atoms with Gasteiger partial charge in [-0.2, -0.15) is 0 Å². The van der Waals surface area contributed by atoms with Gasteiger partial charge in [0.25, 0.3) is 0 Å². The van der Waals surface area contributed by atoms with E-state index in [0.717, 1.165) is 12.8 Å². The molecule has 1 heterocycles. The Morgan fingerprint density at radius 3 is 2.11 bits per heavy atom. The summed E-state index contributed by atoms with van der Waals surface area (Å²) in [5.74, 6) is 0. The van der Waals surface area contributed by atoms with Crippen molar-refractivity contribution < 1.29 is 24.8 Å². The van der Waals surface area contributed by atoms with Crippen LogP contribution in [0.15, 0.2) is 12.2 Å². The molecule has 0 aromatic heterocycles. The number of aliphatic hydroxyl groups excluding tert-OH is 3. The van der Waals surface area contributed by atoms with Crippen molar-refractivity contribution in [3.63, 3.8) is 0 Å². The molecule has 0 aromatic carbocycles. The van der Waals surface area contributed by atoms with Crippen LogP contribution in [-0.4, -0.2) is 59.6 Å². The van der Waals surface area contributed by atoms with Crippen LogP contribution < -0.4 is 0 Å². The minimum absolute atomic E-state index is 0.0981. The highest BCUT2D eigenvalue weighted by atomic mass is 16.6. The zero-order valence-corrected chi connectivity index (χ0v) is 17.2. The molecule has 1 rings (SSSR count). The summed E-state index contributed by atoms with van der Waals surface area (Å²) in [4.78, 5) is 0. The predicted molar refractivity (Wildman–Crippen MR) is 109 cm³/mol. The van der Waals surface area contributed by atoms with Crippen molar-refractivity contribution in [2.45, 2.75) is 108 Å². The summed E-state index contributed by atoms with van der Waals surface area (Å²) in [6, 6.07) is 0. The Kier molecular flexibility index (Phi) is 15.0. The molecule has 5 heteroatoms. The topological polar surface area (TPSA) is 79.2 Å². The number of hydrogen-bond donors (Lipinski definition) is 3. The van der Waals surface area contributed by atoms with E-state index in [1.165, 1.54) is 64.2 Å². The minimum Gasteiger partial charge on any atom is -0.394 e. The molecule has 160 valence electrons. The SMILES string of the molecule is CCCCC/C=C/CCCCCCCCCO[C@@H]1[C@@H](O)[C@H](CO)OC[C@H]1O. The normalized spacial score (nSPS) is 26.1. The zero-order valence-electron chi connectivity index (χ0n) is 17.2. The maximum Gasteiger partial charge on any atom is 0.114 e. The summed E-state index contributed by atoms with van der Waals surface area (Å²) in [5, 5.41) is 29.1. The standard InChI is InChI=1S/C22H42O5/c1-2-3-4-5-6-7-8-9-10-11-12-13-14-15-16-26-22-19(24)18-27-20(17-23)21(22)25/h6-7,19-25H,2-5,8-18H2,1H3/b7-6+/t19-,20+,21+,22+/m1/s1. The Labute approximate surface area is 165 Å². The summed E-state index contributed by atoms with van der Waals surface area (Å²) < 4.78 is 10.8. The van der Waals surface area contributed by atoms with Gasteiger partial charge in [0.15, 0.2) is 0 Å². The van der Waals surface area contributed by atoms with E-state index >= 15 is 0 Å². The number of hydrogen-bond acceptors (Lipinski definition) is 5. The van der Waals surface area contributed by atoms with Crippen molar-refractivity contribution in [2.75, 3.05) is 19.8 Å². The summed E-state index contributed by atoms with van der Waals surface area (Å²) in [6.07, 6.45) is 16.3. The summed E-state index contributed by atoms with van der Waals surface area (Å²) in [5.41, 5.74) is 0. The first-order valence-corrected chi connectivity index (χ1v) is 11.1. The second-order valence-corrected chi connectivity index (χ2v) is 7.68. The third-order valence-electron chi connectivity index (χ3n) is 5.22. The zero-order chi connectivity index (χ0) is 19.7. The maximum absolute atomic E-state index is 10.0. The van der Waals surface area contributed by atoms with Crippen LogP contribution >= 0.6 is 0 Å².